The molecule has 2 N–H and O–H groups in total. The highest BCUT2D eigenvalue weighted by Crippen LogP contribution is 2.16. The standard InChI is InChI=1S/C19H21ClN2O4S/c1-13(14-5-9-17(10-6-14)27(2,25)26)22-18(23)11-12-21-19(24)15-3-7-16(20)8-4-15/h3-10,13H,11-12H2,1-2H3,(H,21,24)(H,22,23)/t13-/m0/s1. The topological polar surface area (TPSA) is 92.3 Å². The molecule has 0 aliphatic heterocycles. The fraction of sp³-hybridized carbons (Fsp3) is 0.263. The summed E-state index contributed by atoms with van der Waals surface area (Å²) in [5.41, 5.74) is 1.26. The number of amides is 2. The van der Waals surface area contributed by atoms with Crippen molar-refractivity contribution in [2.75, 3.05) is 12.8 Å². The molecule has 1 atom stereocenters. The van der Waals surface area contributed by atoms with Gasteiger partial charge in [-0.05, 0) is 48.9 Å². The van der Waals surface area contributed by atoms with E-state index in [0.717, 1.165) is 11.8 Å². The lowest BCUT2D eigenvalue weighted by molar-refractivity contribution is -0.121. The summed E-state index contributed by atoms with van der Waals surface area (Å²) in [5.74, 6) is -0.491. The van der Waals surface area contributed by atoms with Crippen molar-refractivity contribution in [1.29, 1.82) is 0 Å². The van der Waals surface area contributed by atoms with Gasteiger partial charge in [0.05, 0.1) is 10.9 Å². The smallest absolute Gasteiger partial charge is 0.251 e. The molecular weight excluding hydrogens is 388 g/mol. The summed E-state index contributed by atoms with van der Waals surface area (Å²) in [7, 11) is -3.25. The summed E-state index contributed by atoms with van der Waals surface area (Å²) in [5, 5.41) is 6.04. The Bertz CT molecular complexity index is 910. The molecule has 6 nitrogen and oxygen atoms in total. The van der Waals surface area contributed by atoms with Crippen molar-refractivity contribution in [2.24, 2.45) is 0 Å². The Morgan fingerprint density at radius 3 is 2.19 bits per heavy atom. The van der Waals surface area contributed by atoms with Gasteiger partial charge >= 0.3 is 0 Å². The number of hydrogen-bond acceptors (Lipinski definition) is 4. The Labute approximate surface area is 163 Å². The SMILES string of the molecule is C[C@H](NC(=O)CCNC(=O)c1ccc(Cl)cc1)c1ccc(S(C)(=O)=O)cc1. The summed E-state index contributed by atoms with van der Waals surface area (Å²) in [6.07, 6.45) is 1.27. The summed E-state index contributed by atoms with van der Waals surface area (Å²) in [6, 6.07) is 12.6. The lowest BCUT2D eigenvalue weighted by atomic mass is 10.1. The Hall–Kier alpha value is -2.38. The number of benzene rings is 2. The normalized spacial score (nSPS) is 12.3. The molecule has 0 unspecified atom stereocenters. The molecule has 0 saturated heterocycles. The van der Waals surface area contributed by atoms with Crippen LogP contribution in [0.3, 0.4) is 0 Å². The second kappa shape index (κ2) is 9.01. The fourth-order valence-electron chi connectivity index (χ4n) is 2.39. The maximum Gasteiger partial charge on any atom is 0.251 e. The molecule has 0 fully saturated rings. The number of sulfone groups is 1. The van der Waals surface area contributed by atoms with Crippen LogP contribution in [0.25, 0.3) is 0 Å². The van der Waals surface area contributed by atoms with Crippen molar-refractivity contribution in [3.63, 3.8) is 0 Å². The van der Waals surface area contributed by atoms with Gasteiger partial charge in [-0.2, -0.15) is 0 Å². The Morgan fingerprint density at radius 1 is 1.04 bits per heavy atom. The molecule has 0 spiro atoms. The molecule has 2 rings (SSSR count). The number of hydrogen-bond donors (Lipinski definition) is 2. The second-order valence-corrected chi connectivity index (χ2v) is 8.60. The van der Waals surface area contributed by atoms with Gasteiger partial charge in [-0.25, -0.2) is 8.42 Å². The quantitative estimate of drug-likeness (QED) is 0.736. The predicted molar refractivity (Wildman–Crippen MR) is 105 cm³/mol. The minimum Gasteiger partial charge on any atom is -0.352 e. The van der Waals surface area contributed by atoms with Crippen LogP contribution < -0.4 is 10.6 Å². The number of carbonyl (C=O) groups is 2. The first-order valence-corrected chi connectivity index (χ1v) is 10.6. The zero-order valence-electron chi connectivity index (χ0n) is 15.0. The van der Waals surface area contributed by atoms with Crippen LogP contribution in [0.1, 0.15) is 35.3 Å². The van der Waals surface area contributed by atoms with Crippen molar-refractivity contribution in [1.82, 2.24) is 10.6 Å². The van der Waals surface area contributed by atoms with E-state index in [1.54, 1.807) is 43.3 Å². The second-order valence-electron chi connectivity index (χ2n) is 6.14. The van der Waals surface area contributed by atoms with Gasteiger partial charge in [0.1, 0.15) is 0 Å². The summed E-state index contributed by atoms with van der Waals surface area (Å²) in [4.78, 5) is 24.2. The molecule has 2 aromatic carbocycles. The monoisotopic (exact) mass is 408 g/mol. The van der Waals surface area contributed by atoms with Gasteiger partial charge in [0.2, 0.25) is 5.91 Å². The molecule has 144 valence electrons. The maximum atomic E-state index is 12.0. The third-order valence-electron chi connectivity index (χ3n) is 3.93. The minimum atomic E-state index is -3.25. The van der Waals surface area contributed by atoms with Crippen molar-refractivity contribution in [2.45, 2.75) is 24.3 Å². The van der Waals surface area contributed by atoms with Gasteiger partial charge in [-0.1, -0.05) is 23.7 Å². The average Bonchev–Trinajstić information content (AvgIpc) is 2.61. The molecule has 2 aromatic rings. The lowest BCUT2D eigenvalue weighted by Crippen LogP contribution is -2.32. The van der Waals surface area contributed by atoms with E-state index in [0.29, 0.717) is 10.6 Å². The van der Waals surface area contributed by atoms with Crippen LogP contribution in [0.4, 0.5) is 0 Å². The van der Waals surface area contributed by atoms with Crippen molar-refractivity contribution < 1.29 is 18.0 Å². The van der Waals surface area contributed by atoms with Gasteiger partial charge in [0.25, 0.3) is 5.91 Å². The van der Waals surface area contributed by atoms with Gasteiger partial charge in [-0.15, -0.1) is 0 Å². The van der Waals surface area contributed by atoms with Gasteiger partial charge in [-0.3, -0.25) is 9.59 Å². The van der Waals surface area contributed by atoms with E-state index >= 15 is 0 Å². The van der Waals surface area contributed by atoms with E-state index in [-0.39, 0.29) is 35.7 Å². The van der Waals surface area contributed by atoms with Gasteiger partial charge in [0.15, 0.2) is 9.84 Å². The van der Waals surface area contributed by atoms with Gasteiger partial charge < -0.3 is 10.6 Å². The Morgan fingerprint density at radius 2 is 1.63 bits per heavy atom. The van der Waals surface area contributed by atoms with Crippen molar-refractivity contribution in [3.05, 3.63) is 64.7 Å². The van der Waals surface area contributed by atoms with Crippen LogP contribution >= 0.6 is 11.6 Å². The highest BCUT2D eigenvalue weighted by molar-refractivity contribution is 7.90. The molecule has 8 heteroatoms. The predicted octanol–water partition coefficient (Wildman–Crippen LogP) is 2.74. The molecule has 0 aliphatic carbocycles. The molecular formula is C19H21ClN2O4S. The summed E-state index contributed by atoms with van der Waals surface area (Å²) >= 11 is 5.78. The molecule has 0 aliphatic rings. The first-order chi connectivity index (χ1) is 12.7. The summed E-state index contributed by atoms with van der Waals surface area (Å²) in [6.45, 7) is 2.01. The van der Waals surface area contributed by atoms with E-state index in [1.165, 1.54) is 12.1 Å². The first-order valence-electron chi connectivity index (χ1n) is 8.30. The molecule has 0 saturated carbocycles. The lowest BCUT2D eigenvalue weighted by Gasteiger charge is -2.15. The highest BCUT2D eigenvalue weighted by Gasteiger charge is 2.12. The molecule has 0 radical (unpaired) electrons. The molecule has 27 heavy (non-hydrogen) atoms. The minimum absolute atomic E-state index is 0.130. The van der Waals surface area contributed by atoms with Crippen LogP contribution in [0.2, 0.25) is 5.02 Å². The Balaban J connectivity index is 1.81. The summed E-state index contributed by atoms with van der Waals surface area (Å²) < 4.78 is 22.9. The molecule has 2 amide bonds. The molecule has 0 aromatic heterocycles. The Kier molecular flexibility index (Phi) is 6.98. The van der Waals surface area contributed by atoms with Crippen LogP contribution in [0.15, 0.2) is 53.4 Å². The maximum absolute atomic E-state index is 12.0. The highest BCUT2D eigenvalue weighted by atomic mass is 35.5. The first kappa shape index (κ1) is 20.9. The number of halogens is 1. The van der Waals surface area contributed by atoms with Crippen LogP contribution in [0, 0.1) is 0 Å². The van der Waals surface area contributed by atoms with Crippen molar-refractivity contribution >= 4 is 33.3 Å². The van der Waals surface area contributed by atoms with E-state index < -0.39 is 9.84 Å². The van der Waals surface area contributed by atoms with Crippen LogP contribution in [0.5, 0.6) is 0 Å². The van der Waals surface area contributed by atoms with E-state index in [9.17, 15) is 18.0 Å². The third kappa shape index (κ3) is 6.37. The number of carbonyl (C=O) groups excluding carboxylic acids is 2. The average molecular weight is 409 g/mol. The van der Waals surface area contributed by atoms with Crippen LogP contribution in [-0.4, -0.2) is 33.0 Å². The molecule has 0 heterocycles. The third-order valence-corrected chi connectivity index (χ3v) is 5.31. The van der Waals surface area contributed by atoms with Crippen molar-refractivity contribution in [3.8, 4) is 0 Å². The van der Waals surface area contributed by atoms with Crippen LogP contribution in [-0.2, 0) is 14.6 Å². The fourth-order valence-corrected chi connectivity index (χ4v) is 3.15. The zero-order chi connectivity index (χ0) is 20.0. The number of rotatable bonds is 7. The largest absolute Gasteiger partial charge is 0.352 e. The zero-order valence-corrected chi connectivity index (χ0v) is 16.6. The van der Waals surface area contributed by atoms with E-state index in [4.69, 9.17) is 11.6 Å². The van der Waals surface area contributed by atoms with Gasteiger partial charge in [0, 0.05) is 29.8 Å². The van der Waals surface area contributed by atoms with E-state index in [1.807, 2.05) is 0 Å². The molecule has 0 bridgehead atoms. The van der Waals surface area contributed by atoms with E-state index in [2.05, 4.69) is 10.6 Å². The number of nitrogens with one attached hydrogen (secondary N) is 2.